The summed E-state index contributed by atoms with van der Waals surface area (Å²) < 4.78 is 0.718. The van der Waals surface area contributed by atoms with Crippen LogP contribution in [-0.2, 0) is 0 Å². The van der Waals surface area contributed by atoms with Crippen LogP contribution < -0.4 is 0 Å². The van der Waals surface area contributed by atoms with Crippen LogP contribution in [0, 0.1) is 5.92 Å². The maximum Gasteiger partial charge on any atom is 0.0836 e. The van der Waals surface area contributed by atoms with E-state index >= 15 is 0 Å². The third-order valence-electron chi connectivity index (χ3n) is 2.86. The molecule has 1 atom stereocenters. The third-order valence-corrected chi connectivity index (χ3v) is 3.20. The van der Waals surface area contributed by atoms with Crippen molar-refractivity contribution in [3.63, 3.8) is 0 Å². The fraction of sp³-hybridized carbons (Fsp3) is 0.636. The standard InChI is InChI=1S/C11H16BrCl/c1-8-5-3-4-6-10(9(8)2)7-11(12)13/h7-8H,3-6H2,1-2H3/b11-7+. The van der Waals surface area contributed by atoms with Crippen molar-refractivity contribution in [3.05, 3.63) is 21.2 Å². The van der Waals surface area contributed by atoms with Crippen molar-refractivity contribution in [1.82, 2.24) is 0 Å². The minimum atomic E-state index is 0.718. The fourth-order valence-corrected chi connectivity index (χ4v) is 2.22. The van der Waals surface area contributed by atoms with Gasteiger partial charge in [0.15, 0.2) is 0 Å². The summed E-state index contributed by atoms with van der Waals surface area (Å²) in [5, 5.41) is 0. The van der Waals surface area contributed by atoms with Crippen molar-refractivity contribution in [1.29, 1.82) is 0 Å². The zero-order valence-corrected chi connectivity index (χ0v) is 10.6. The molecule has 1 aliphatic carbocycles. The highest BCUT2D eigenvalue weighted by Crippen LogP contribution is 2.30. The first-order chi connectivity index (χ1) is 6.11. The van der Waals surface area contributed by atoms with Crippen molar-refractivity contribution < 1.29 is 0 Å². The highest BCUT2D eigenvalue weighted by atomic mass is 79.9. The van der Waals surface area contributed by atoms with E-state index in [4.69, 9.17) is 11.6 Å². The van der Waals surface area contributed by atoms with Crippen LogP contribution in [0.1, 0.15) is 39.5 Å². The van der Waals surface area contributed by atoms with E-state index < -0.39 is 0 Å². The normalized spacial score (nSPS) is 26.2. The molecule has 0 fully saturated rings. The van der Waals surface area contributed by atoms with Crippen LogP contribution in [0.2, 0.25) is 0 Å². The number of hydrogen-bond donors (Lipinski definition) is 0. The van der Waals surface area contributed by atoms with Gasteiger partial charge in [0, 0.05) is 0 Å². The molecule has 0 aromatic rings. The maximum absolute atomic E-state index is 5.82. The Morgan fingerprint density at radius 3 is 2.85 bits per heavy atom. The molecule has 0 radical (unpaired) electrons. The Hall–Kier alpha value is 0.250. The van der Waals surface area contributed by atoms with Gasteiger partial charge >= 0.3 is 0 Å². The molecule has 0 N–H and O–H groups in total. The first-order valence-electron chi connectivity index (χ1n) is 4.83. The van der Waals surface area contributed by atoms with Gasteiger partial charge in [-0.3, -0.25) is 0 Å². The molecule has 0 spiro atoms. The minimum Gasteiger partial charge on any atom is -0.0761 e. The molecule has 0 aromatic heterocycles. The second-order valence-corrected chi connectivity index (χ2v) is 5.51. The van der Waals surface area contributed by atoms with Gasteiger partial charge in [0.05, 0.1) is 3.94 Å². The Kier molecular flexibility index (Phi) is 4.54. The van der Waals surface area contributed by atoms with Gasteiger partial charge in [0.1, 0.15) is 0 Å². The molecule has 0 nitrogen and oxygen atoms in total. The summed E-state index contributed by atoms with van der Waals surface area (Å²) in [6, 6.07) is 0. The molecule has 13 heavy (non-hydrogen) atoms. The van der Waals surface area contributed by atoms with Crippen molar-refractivity contribution in [2.75, 3.05) is 0 Å². The van der Waals surface area contributed by atoms with Crippen LogP contribution in [0.15, 0.2) is 21.2 Å². The highest BCUT2D eigenvalue weighted by molar-refractivity contribution is 9.12. The third kappa shape index (κ3) is 3.47. The molecule has 0 saturated heterocycles. The molecule has 1 rings (SSSR count). The Morgan fingerprint density at radius 1 is 1.54 bits per heavy atom. The molecule has 1 aliphatic rings. The second kappa shape index (κ2) is 5.21. The molecule has 0 aliphatic heterocycles. The SMILES string of the molecule is CC1=C(/C=C(/Cl)Br)CCCCC1C. The van der Waals surface area contributed by atoms with E-state index in [2.05, 4.69) is 35.9 Å². The summed E-state index contributed by atoms with van der Waals surface area (Å²) >= 11 is 9.10. The van der Waals surface area contributed by atoms with E-state index in [1.807, 2.05) is 0 Å². The van der Waals surface area contributed by atoms with E-state index in [1.165, 1.54) is 36.8 Å². The summed E-state index contributed by atoms with van der Waals surface area (Å²) in [5.74, 6) is 0.720. The Balaban J connectivity index is 2.88. The zero-order valence-electron chi connectivity index (χ0n) is 8.24. The van der Waals surface area contributed by atoms with Gasteiger partial charge in [-0.25, -0.2) is 0 Å². The molecule has 0 aromatic carbocycles. The molecule has 2 heteroatoms. The number of rotatable bonds is 1. The van der Waals surface area contributed by atoms with Gasteiger partial charge in [-0.05, 0) is 59.7 Å². The number of hydrogen-bond acceptors (Lipinski definition) is 0. The summed E-state index contributed by atoms with van der Waals surface area (Å²) in [6.07, 6.45) is 7.19. The molecule has 0 bridgehead atoms. The molecule has 0 heterocycles. The van der Waals surface area contributed by atoms with Crippen LogP contribution in [0.3, 0.4) is 0 Å². The molecule has 0 saturated carbocycles. The Labute approximate surface area is 94.2 Å². The van der Waals surface area contributed by atoms with Gasteiger partial charge in [0.2, 0.25) is 0 Å². The number of allylic oxidation sites excluding steroid dienone is 3. The van der Waals surface area contributed by atoms with Gasteiger partial charge < -0.3 is 0 Å². The lowest BCUT2D eigenvalue weighted by Gasteiger charge is -2.11. The van der Waals surface area contributed by atoms with E-state index in [1.54, 1.807) is 0 Å². The zero-order chi connectivity index (χ0) is 9.84. The van der Waals surface area contributed by atoms with Crippen molar-refractivity contribution >= 4 is 27.5 Å². The lowest BCUT2D eigenvalue weighted by molar-refractivity contribution is 0.583. The highest BCUT2D eigenvalue weighted by Gasteiger charge is 2.12. The van der Waals surface area contributed by atoms with Crippen molar-refractivity contribution in [2.45, 2.75) is 39.5 Å². The average molecular weight is 264 g/mol. The largest absolute Gasteiger partial charge is 0.0836 e. The fourth-order valence-electron chi connectivity index (χ4n) is 1.81. The summed E-state index contributed by atoms with van der Waals surface area (Å²) in [4.78, 5) is 0. The Morgan fingerprint density at radius 2 is 2.23 bits per heavy atom. The predicted molar refractivity (Wildman–Crippen MR) is 63.2 cm³/mol. The second-order valence-electron chi connectivity index (χ2n) is 3.79. The van der Waals surface area contributed by atoms with E-state index in [0.717, 1.165) is 9.86 Å². The minimum absolute atomic E-state index is 0.718. The van der Waals surface area contributed by atoms with Gasteiger partial charge in [-0.15, -0.1) is 0 Å². The monoisotopic (exact) mass is 262 g/mol. The summed E-state index contributed by atoms with van der Waals surface area (Å²) in [6.45, 7) is 4.53. The van der Waals surface area contributed by atoms with Crippen LogP contribution in [0.5, 0.6) is 0 Å². The first kappa shape index (κ1) is 11.3. The molecular formula is C11H16BrCl. The van der Waals surface area contributed by atoms with E-state index in [9.17, 15) is 0 Å². The van der Waals surface area contributed by atoms with Crippen LogP contribution in [0.25, 0.3) is 0 Å². The molecule has 0 amide bonds. The van der Waals surface area contributed by atoms with Gasteiger partial charge in [-0.2, -0.15) is 0 Å². The quantitative estimate of drug-likeness (QED) is 0.625. The first-order valence-corrected chi connectivity index (χ1v) is 6.00. The Bertz CT molecular complexity index is 236. The van der Waals surface area contributed by atoms with Crippen molar-refractivity contribution in [3.8, 4) is 0 Å². The molecular weight excluding hydrogens is 247 g/mol. The maximum atomic E-state index is 5.82. The van der Waals surface area contributed by atoms with Crippen molar-refractivity contribution in [2.24, 2.45) is 5.92 Å². The molecule has 1 unspecified atom stereocenters. The molecule has 74 valence electrons. The smallest absolute Gasteiger partial charge is 0.0761 e. The summed E-state index contributed by atoms with van der Waals surface area (Å²) in [7, 11) is 0. The predicted octanol–water partition coefficient (Wildman–Crippen LogP) is 4.99. The summed E-state index contributed by atoms with van der Waals surface area (Å²) in [5.41, 5.74) is 2.93. The van der Waals surface area contributed by atoms with Gasteiger partial charge in [-0.1, -0.05) is 30.5 Å². The lowest BCUT2D eigenvalue weighted by Crippen LogP contribution is -1.95. The van der Waals surface area contributed by atoms with E-state index in [-0.39, 0.29) is 0 Å². The lowest BCUT2D eigenvalue weighted by atomic mass is 9.96. The topological polar surface area (TPSA) is 0 Å². The van der Waals surface area contributed by atoms with Crippen LogP contribution in [0.4, 0.5) is 0 Å². The van der Waals surface area contributed by atoms with Gasteiger partial charge in [0.25, 0.3) is 0 Å². The van der Waals surface area contributed by atoms with Crippen LogP contribution in [-0.4, -0.2) is 0 Å². The van der Waals surface area contributed by atoms with E-state index in [0.29, 0.717) is 0 Å². The van der Waals surface area contributed by atoms with Crippen LogP contribution >= 0.6 is 27.5 Å². The number of halogens is 2. The average Bonchev–Trinajstić information content (AvgIpc) is 2.19.